The second kappa shape index (κ2) is 8.56. The van der Waals surface area contributed by atoms with Gasteiger partial charge in [-0.25, -0.2) is 12.8 Å². The van der Waals surface area contributed by atoms with E-state index in [2.05, 4.69) is 22.2 Å². The third kappa shape index (κ3) is 4.20. The summed E-state index contributed by atoms with van der Waals surface area (Å²) in [5, 5.41) is 3.56. The molecule has 0 bridgehead atoms. The molecule has 3 aromatic rings. The van der Waals surface area contributed by atoms with E-state index in [0.717, 1.165) is 23.2 Å². The second-order valence-corrected chi connectivity index (χ2v) is 10.0. The number of sulfonamides is 1. The highest BCUT2D eigenvalue weighted by Crippen LogP contribution is 2.50. The molecule has 0 spiro atoms. The highest BCUT2D eigenvalue weighted by atomic mass is 32.2. The van der Waals surface area contributed by atoms with Crippen LogP contribution in [0.4, 0.5) is 15.8 Å². The maximum atomic E-state index is 13.4. The number of fused-ring (bicyclic) bond motifs is 3. The Morgan fingerprint density at radius 1 is 1.06 bits per heavy atom. The summed E-state index contributed by atoms with van der Waals surface area (Å²) in [5.74, 6) is 0.762. The van der Waals surface area contributed by atoms with Gasteiger partial charge in [0.05, 0.1) is 17.5 Å². The van der Waals surface area contributed by atoms with E-state index in [4.69, 9.17) is 4.74 Å². The van der Waals surface area contributed by atoms with E-state index in [1.165, 1.54) is 12.1 Å². The Kier molecular flexibility index (Phi) is 5.58. The molecule has 0 saturated heterocycles. The van der Waals surface area contributed by atoms with Crippen molar-refractivity contribution in [3.8, 4) is 5.75 Å². The molecule has 2 aliphatic rings. The molecule has 0 radical (unpaired) electrons. The maximum absolute atomic E-state index is 13.4. The Morgan fingerprint density at radius 3 is 2.55 bits per heavy atom. The fourth-order valence-corrected chi connectivity index (χ4v) is 5.83. The zero-order valence-corrected chi connectivity index (χ0v) is 19.0. The second-order valence-electron chi connectivity index (χ2n) is 8.34. The molecule has 3 unspecified atom stereocenters. The molecule has 5 nitrogen and oxygen atoms in total. The Bertz CT molecular complexity index is 1290. The van der Waals surface area contributed by atoms with Crippen LogP contribution in [0.3, 0.4) is 0 Å². The smallest absolute Gasteiger partial charge is 0.261 e. The van der Waals surface area contributed by atoms with E-state index >= 15 is 0 Å². The minimum Gasteiger partial charge on any atom is -0.494 e. The molecule has 33 heavy (non-hydrogen) atoms. The van der Waals surface area contributed by atoms with Crippen LogP contribution in [0.5, 0.6) is 5.75 Å². The number of hydrogen-bond donors (Lipinski definition) is 2. The first-order chi connectivity index (χ1) is 15.9. The zero-order chi connectivity index (χ0) is 23.0. The largest absolute Gasteiger partial charge is 0.494 e. The number of halogens is 1. The third-order valence-electron chi connectivity index (χ3n) is 6.29. The van der Waals surface area contributed by atoms with Crippen LogP contribution in [-0.2, 0) is 10.0 Å². The first-order valence-corrected chi connectivity index (χ1v) is 12.5. The normalized spacial score (nSPS) is 21.1. The quantitative estimate of drug-likeness (QED) is 0.449. The van der Waals surface area contributed by atoms with Crippen molar-refractivity contribution in [3.63, 3.8) is 0 Å². The van der Waals surface area contributed by atoms with E-state index in [0.29, 0.717) is 18.0 Å². The molecule has 7 heteroatoms. The number of allylic oxidation sites excluding steroid dienone is 2. The lowest BCUT2D eigenvalue weighted by molar-refractivity contribution is 0.340. The summed E-state index contributed by atoms with van der Waals surface area (Å²) in [6, 6.07) is 18.7. The van der Waals surface area contributed by atoms with Crippen molar-refractivity contribution < 1.29 is 17.5 Å². The summed E-state index contributed by atoms with van der Waals surface area (Å²) < 4.78 is 47.7. The molecule has 3 atom stereocenters. The summed E-state index contributed by atoms with van der Waals surface area (Å²) >= 11 is 0. The molecule has 0 fully saturated rings. The number of hydrogen-bond acceptors (Lipinski definition) is 4. The van der Waals surface area contributed by atoms with Gasteiger partial charge < -0.3 is 10.1 Å². The molecule has 5 rings (SSSR count). The summed E-state index contributed by atoms with van der Waals surface area (Å²) in [6.07, 6.45) is 5.17. The molecule has 1 heterocycles. The van der Waals surface area contributed by atoms with Crippen LogP contribution in [0.2, 0.25) is 0 Å². The topological polar surface area (TPSA) is 67.4 Å². The Morgan fingerprint density at radius 2 is 1.82 bits per heavy atom. The van der Waals surface area contributed by atoms with Crippen LogP contribution in [0, 0.1) is 11.7 Å². The van der Waals surface area contributed by atoms with Crippen molar-refractivity contribution in [2.75, 3.05) is 16.6 Å². The van der Waals surface area contributed by atoms with E-state index in [-0.39, 0.29) is 28.6 Å². The van der Waals surface area contributed by atoms with Crippen LogP contribution in [-0.4, -0.2) is 15.0 Å². The number of nitrogens with one attached hydrogen (secondary N) is 2. The van der Waals surface area contributed by atoms with Crippen LogP contribution in [0.25, 0.3) is 0 Å². The van der Waals surface area contributed by atoms with Gasteiger partial charge in [0.2, 0.25) is 0 Å². The monoisotopic (exact) mass is 464 g/mol. The van der Waals surface area contributed by atoms with E-state index in [9.17, 15) is 12.8 Å². The fourth-order valence-electron chi connectivity index (χ4n) is 4.74. The lowest BCUT2D eigenvalue weighted by atomic mass is 9.77. The van der Waals surface area contributed by atoms with Crippen molar-refractivity contribution >= 4 is 21.4 Å². The predicted molar refractivity (Wildman–Crippen MR) is 128 cm³/mol. The van der Waals surface area contributed by atoms with Crippen LogP contribution < -0.4 is 14.8 Å². The minimum atomic E-state index is -3.76. The number of ether oxygens (including phenoxy) is 1. The number of rotatable bonds is 6. The molecular weight excluding hydrogens is 439 g/mol. The molecule has 0 amide bonds. The van der Waals surface area contributed by atoms with Gasteiger partial charge >= 0.3 is 0 Å². The van der Waals surface area contributed by atoms with Crippen LogP contribution in [0.15, 0.2) is 83.8 Å². The lowest BCUT2D eigenvalue weighted by Gasteiger charge is -2.37. The van der Waals surface area contributed by atoms with Gasteiger partial charge in [0.15, 0.2) is 0 Å². The first-order valence-electron chi connectivity index (χ1n) is 11.0. The number of anilines is 2. The third-order valence-corrected chi connectivity index (χ3v) is 7.67. The van der Waals surface area contributed by atoms with Gasteiger partial charge in [-0.05, 0) is 85.0 Å². The standard InChI is InChI=1S/C26H25FN2O3S/c1-2-32-20-12-10-19(11-13-20)29-33(30,31)21-14-15-25-24(16-21)22-4-3-5-23(22)26(28-25)17-6-8-18(27)9-7-17/h3-4,6-16,22-23,26,28-29H,2,5H2,1H3. The zero-order valence-electron chi connectivity index (χ0n) is 18.2. The average molecular weight is 465 g/mol. The van der Waals surface area contributed by atoms with Gasteiger partial charge in [-0.2, -0.15) is 0 Å². The Hall–Kier alpha value is -3.32. The van der Waals surface area contributed by atoms with Crippen molar-refractivity contribution in [3.05, 3.63) is 95.8 Å². The highest BCUT2D eigenvalue weighted by molar-refractivity contribution is 7.92. The summed E-state index contributed by atoms with van der Waals surface area (Å²) in [5.41, 5.74) is 3.36. The Labute approximate surface area is 193 Å². The van der Waals surface area contributed by atoms with Crippen LogP contribution >= 0.6 is 0 Å². The van der Waals surface area contributed by atoms with Gasteiger partial charge in [-0.15, -0.1) is 0 Å². The van der Waals surface area contributed by atoms with Crippen molar-refractivity contribution in [1.82, 2.24) is 0 Å². The van der Waals surface area contributed by atoms with Gasteiger partial charge in [0, 0.05) is 17.3 Å². The molecule has 0 aromatic heterocycles. The SMILES string of the molecule is CCOc1ccc(NS(=O)(=O)c2ccc3c(c2)C2C=CCC2C(c2ccc(F)cc2)N3)cc1. The average Bonchev–Trinajstić information content (AvgIpc) is 3.30. The van der Waals surface area contributed by atoms with Crippen molar-refractivity contribution in [2.45, 2.75) is 30.2 Å². The first kappa shape index (κ1) is 21.5. The van der Waals surface area contributed by atoms with Crippen molar-refractivity contribution in [1.29, 1.82) is 0 Å². The molecular formula is C26H25FN2O3S. The Balaban J connectivity index is 1.43. The van der Waals surface area contributed by atoms with Gasteiger partial charge in [0.1, 0.15) is 11.6 Å². The van der Waals surface area contributed by atoms with Crippen LogP contribution in [0.1, 0.15) is 36.4 Å². The minimum absolute atomic E-state index is 0.0301. The van der Waals surface area contributed by atoms with E-state index in [1.807, 2.05) is 25.1 Å². The maximum Gasteiger partial charge on any atom is 0.261 e. The van der Waals surface area contributed by atoms with Gasteiger partial charge in [0.25, 0.3) is 10.0 Å². The van der Waals surface area contributed by atoms with Gasteiger partial charge in [-0.1, -0.05) is 24.3 Å². The summed E-state index contributed by atoms with van der Waals surface area (Å²) in [4.78, 5) is 0.219. The lowest BCUT2D eigenvalue weighted by Crippen LogP contribution is -2.29. The molecule has 170 valence electrons. The summed E-state index contributed by atoms with van der Waals surface area (Å²) in [7, 11) is -3.76. The van der Waals surface area contributed by atoms with Gasteiger partial charge in [-0.3, -0.25) is 4.72 Å². The molecule has 2 N–H and O–H groups in total. The summed E-state index contributed by atoms with van der Waals surface area (Å²) in [6.45, 7) is 2.44. The fraction of sp³-hybridized carbons (Fsp3) is 0.231. The van der Waals surface area contributed by atoms with E-state index in [1.54, 1.807) is 36.4 Å². The molecule has 3 aromatic carbocycles. The number of benzene rings is 3. The molecule has 0 saturated carbocycles. The highest BCUT2D eigenvalue weighted by Gasteiger charge is 2.38. The van der Waals surface area contributed by atoms with Crippen molar-refractivity contribution in [2.24, 2.45) is 5.92 Å². The predicted octanol–water partition coefficient (Wildman–Crippen LogP) is 5.85. The molecule has 1 aliphatic heterocycles. The van der Waals surface area contributed by atoms with E-state index < -0.39 is 10.0 Å². The molecule has 1 aliphatic carbocycles.